The van der Waals surface area contributed by atoms with Crippen LogP contribution in [-0.2, 0) is 5.75 Å². The average Bonchev–Trinajstić information content (AvgIpc) is 2.96. The zero-order valence-electron chi connectivity index (χ0n) is 10.9. The number of nitrogens with two attached hydrogens (primary N) is 1. The molecule has 3 N–H and O–H groups in total. The van der Waals surface area contributed by atoms with Crippen LogP contribution in [0, 0.1) is 0 Å². The van der Waals surface area contributed by atoms with E-state index in [4.69, 9.17) is 4.42 Å². The lowest BCUT2D eigenvalue weighted by molar-refractivity contribution is -0.657. The van der Waals surface area contributed by atoms with Crippen LogP contribution in [0.4, 0.5) is 0 Å². The van der Waals surface area contributed by atoms with Crippen LogP contribution in [0.1, 0.15) is 17.4 Å². The quantitative estimate of drug-likeness (QED) is 0.724. The van der Waals surface area contributed by atoms with Crippen LogP contribution >= 0.6 is 11.8 Å². The highest BCUT2D eigenvalue weighted by Gasteiger charge is 2.08. The summed E-state index contributed by atoms with van der Waals surface area (Å²) in [6, 6.07) is 13.7. The van der Waals surface area contributed by atoms with E-state index in [-0.39, 0.29) is 6.10 Å². The van der Waals surface area contributed by atoms with Crippen LogP contribution in [-0.4, -0.2) is 23.9 Å². The first kappa shape index (κ1) is 14.2. The fourth-order valence-electron chi connectivity index (χ4n) is 1.82. The van der Waals surface area contributed by atoms with Crippen molar-refractivity contribution in [3.05, 3.63) is 60.1 Å². The molecule has 0 saturated carbocycles. The molecule has 4 heteroatoms. The van der Waals surface area contributed by atoms with Gasteiger partial charge >= 0.3 is 0 Å². The number of aliphatic hydroxyl groups excluding tert-OH is 1. The first-order valence-corrected chi connectivity index (χ1v) is 7.66. The minimum atomic E-state index is -0.378. The molecule has 0 saturated heterocycles. The molecule has 0 aliphatic carbocycles. The van der Waals surface area contributed by atoms with Gasteiger partial charge in [0.1, 0.15) is 18.4 Å². The highest BCUT2D eigenvalue weighted by molar-refractivity contribution is 7.98. The molecule has 1 aromatic heterocycles. The number of aliphatic hydroxyl groups is 1. The van der Waals surface area contributed by atoms with Crippen molar-refractivity contribution in [3.8, 4) is 0 Å². The molecule has 0 aliphatic rings. The molecule has 1 heterocycles. The zero-order valence-corrected chi connectivity index (χ0v) is 11.7. The second kappa shape index (κ2) is 8.04. The normalized spacial score (nSPS) is 12.5. The van der Waals surface area contributed by atoms with Crippen LogP contribution in [0.5, 0.6) is 0 Å². The molecule has 0 amide bonds. The molecule has 0 radical (unpaired) electrons. The van der Waals surface area contributed by atoms with Gasteiger partial charge in [-0.25, -0.2) is 0 Å². The molecule has 2 rings (SSSR count). The van der Waals surface area contributed by atoms with E-state index < -0.39 is 0 Å². The van der Waals surface area contributed by atoms with Gasteiger partial charge in [-0.15, -0.1) is 11.8 Å². The van der Waals surface area contributed by atoms with Crippen molar-refractivity contribution in [1.82, 2.24) is 0 Å². The molecule has 0 aliphatic heterocycles. The maximum Gasteiger partial charge on any atom is 0.128 e. The van der Waals surface area contributed by atoms with Crippen molar-refractivity contribution < 1.29 is 14.8 Å². The van der Waals surface area contributed by atoms with E-state index in [2.05, 4.69) is 5.32 Å². The Morgan fingerprint density at radius 2 is 2.00 bits per heavy atom. The zero-order chi connectivity index (χ0) is 13.3. The summed E-state index contributed by atoms with van der Waals surface area (Å²) in [6.07, 6.45) is 1.33. The maximum absolute atomic E-state index is 9.97. The Kier molecular flexibility index (Phi) is 6.01. The fourth-order valence-corrected chi connectivity index (χ4v) is 2.66. The van der Waals surface area contributed by atoms with Gasteiger partial charge in [0.05, 0.1) is 18.6 Å². The smallest absolute Gasteiger partial charge is 0.128 e. The predicted molar refractivity (Wildman–Crippen MR) is 77.9 cm³/mol. The van der Waals surface area contributed by atoms with E-state index in [9.17, 15) is 5.11 Å². The molecule has 0 fully saturated rings. The number of quaternary nitrogens is 1. The Labute approximate surface area is 118 Å². The highest BCUT2D eigenvalue weighted by atomic mass is 32.2. The number of thioether (sulfide) groups is 1. The van der Waals surface area contributed by atoms with Crippen molar-refractivity contribution in [2.24, 2.45) is 0 Å². The van der Waals surface area contributed by atoms with Crippen LogP contribution in [0.2, 0.25) is 0 Å². The molecule has 2 aromatic rings. The molecule has 0 spiro atoms. The molecule has 102 valence electrons. The number of rotatable bonds is 8. The van der Waals surface area contributed by atoms with Crippen LogP contribution in [0.15, 0.2) is 53.1 Å². The van der Waals surface area contributed by atoms with Gasteiger partial charge in [0.2, 0.25) is 0 Å². The molecule has 1 aromatic carbocycles. The summed E-state index contributed by atoms with van der Waals surface area (Å²) in [5.74, 6) is 3.00. The number of hydrogen-bond acceptors (Lipinski definition) is 3. The monoisotopic (exact) mass is 278 g/mol. The van der Waals surface area contributed by atoms with Gasteiger partial charge in [-0.2, -0.15) is 0 Å². The summed E-state index contributed by atoms with van der Waals surface area (Å²) in [7, 11) is 0. The van der Waals surface area contributed by atoms with Crippen LogP contribution in [0.25, 0.3) is 0 Å². The Morgan fingerprint density at radius 3 is 2.74 bits per heavy atom. The summed E-state index contributed by atoms with van der Waals surface area (Å²) in [5, 5.41) is 12.1. The Hall–Kier alpha value is -1.23. The summed E-state index contributed by atoms with van der Waals surface area (Å²) in [6.45, 7) is 1.72. The third-order valence-electron chi connectivity index (χ3n) is 2.87. The van der Waals surface area contributed by atoms with Crippen molar-refractivity contribution in [2.75, 3.05) is 18.8 Å². The van der Waals surface area contributed by atoms with E-state index in [1.165, 1.54) is 0 Å². The molecule has 3 nitrogen and oxygen atoms in total. The Morgan fingerprint density at radius 1 is 1.16 bits per heavy atom. The standard InChI is InChI=1S/C15H19NO2S/c17-15(13-5-2-1-3-6-13)11-16-8-10-19-12-14-7-4-9-18-14/h1-7,9,15-17H,8,10-12H2/p+1/t15-/m1/s1. The Bertz CT molecular complexity index is 444. The van der Waals surface area contributed by atoms with Gasteiger partial charge in [-0.1, -0.05) is 30.3 Å². The van der Waals surface area contributed by atoms with Gasteiger partial charge < -0.3 is 14.8 Å². The van der Waals surface area contributed by atoms with Crippen molar-refractivity contribution in [3.63, 3.8) is 0 Å². The van der Waals surface area contributed by atoms with Crippen LogP contribution < -0.4 is 5.32 Å². The SMILES string of the molecule is O[C@H](C[NH2+]CCSCc1ccco1)c1ccccc1. The van der Waals surface area contributed by atoms with Gasteiger partial charge in [0.15, 0.2) is 0 Å². The lowest BCUT2D eigenvalue weighted by Crippen LogP contribution is -2.85. The van der Waals surface area contributed by atoms with E-state index >= 15 is 0 Å². The molecular weight excluding hydrogens is 258 g/mol. The minimum absolute atomic E-state index is 0.378. The number of benzene rings is 1. The van der Waals surface area contributed by atoms with Gasteiger partial charge in [0.25, 0.3) is 0 Å². The summed E-state index contributed by atoms with van der Waals surface area (Å²) in [5.41, 5.74) is 0.988. The van der Waals surface area contributed by atoms with E-state index in [0.29, 0.717) is 6.54 Å². The summed E-state index contributed by atoms with van der Waals surface area (Å²) in [4.78, 5) is 0. The van der Waals surface area contributed by atoms with Crippen LogP contribution in [0.3, 0.4) is 0 Å². The Balaban J connectivity index is 1.54. The van der Waals surface area contributed by atoms with Gasteiger partial charge in [0, 0.05) is 5.75 Å². The first-order valence-electron chi connectivity index (χ1n) is 6.51. The summed E-state index contributed by atoms with van der Waals surface area (Å²) >= 11 is 1.85. The maximum atomic E-state index is 9.97. The molecule has 0 unspecified atom stereocenters. The molecule has 1 atom stereocenters. The van der Waals surface area contributed by atoms with Crippen molar-refractivity contribution in [1.29, 1.82) is 0 Å². The third-order valence-corrected chi connectivity index (χ3v) is 3.88. The van der Waals surface area contributed by atoms with Gasteiger partial charge in [-0.3, -0.25) is 0 Å². The van der Waals surface area contributed by atoms with Crippen molar-refractivity contribution >= 4 is 11.8 Å². The number of hydrogen-bond donors (Lipinski definition) is 2. The lowest BCUT2D eigenvalue weighted by Gasteiger charge is -2.09. The summed E-state index contributed by atoms with van der Waals surface area (Å²) < 4.78 is 5.27. The second-order valence-electron chi connectivity index (χ2n) is 4.37. The fraction of sp³-hybridized carbons (Fsp3) is 0.333. The topological polar surface area (TPSA) is 50.0 Å². The first-order chi connectivity index (χ1) is 9.36. The van der Waals surface area contributed by atoms with Gasteiger partial charge in [-0.05, 0) is 17.7 Å². The lowest BCUT2D eigenvalue weighted by atomic mass is 10.1. The number of furan rings is 1. The average molecular weight is 278 g/mol. The molecular formula is C15H20NO2S+. The largest absolute Gasteiger partial charge is 0.468 e. The minimum Gasteiger partial charge on any atom is -0.468 e. The van der Waals surface area contributed by atoms with Crippen molar-refractivity contribution in [2.45, 2.75) is 11.9 Å². The molecule has 19 heavy (non-hydrogen) atoms. The highest BCUT2D eigenvalue weighted by Crippen LogP contribution is 2.11. The third kappa shape index (κ3) is 5.11. The second-order valence-corrected chi connectivity index (χ2v) is 5.48. The van der Waals surface area contributed by atoms with E-state index in [0.717, 1.165) is 29.4 Å². The van der Waals surface area contributed by atoms with E-state index in [1.54, 1.807) is 6.26 Å². The van der Waals surface area contributed by atoms with E-state index in [1.807, 2.05) is 54.2 Å². The molecule has 0 bridgehead atoms. The predicted octanol–water partition coefficient (Wildman–Crippen LogP) is 1.81.